The van der Waals surface area contributed by atoms with Gasteiger partial charge in [-0.2, -0.15) is 0 Å². The Morgan fingerprint density at radius 1 is 1.25 bits per heavy atom. The van der Waals surface area contributed by atoms with Gasteiger partial charge in [-0.3, -0.25) is 0 Å². The lowest BCUT2D eigenvalue weighted by molar-refractivity contribution is 0.0934. The molecule has 0 aromatic heterocycles. The van der Waals surface area contributed by atoms with Crippen LogP contribution in [0.1, 0.15) is 12.0 Å². The standard InChI is InChI=1S/C12H14F2O2/c13-10-3-9(4-11(14)5-10)6-12(7-15)1-2-16-8-12/h3-5,15H,1-2,6-8H2. The van der Waals surface area contributed by atoms with E-state index in [-0.39, 0.29) is 12.0 Å². The predicted octanol–water partition coefficient (Wildman–Crippen LogP) is 1.91. The number of aliphatic hydroxyl groups excluding tert-OH is 1. The largest absolute Gasteiger partial charge is 0.396 e. The number of aliphatic hydroxyl groups is 1. The molecule has 4 heteroatoms. The Kier molecular flexibility index (Phi) is 3.21. The van der Waals surface area contributed by atoms with Crippen molar-refractivity contribution in [3.05, 3.63) is 35.4 Å². The molecule has 1 heterocycles. The van der Waals surface area contributed by atoms with Crippen molar-refractivity contribution in [3.8, 4) is 0 Å². The van der Waals surface area contributed by atoms with E-state index in [2.05, 4.69) is 0 Å². The van der Waals surface area contributed by atoms with Gasteiger partial charge < -0.3 is 9.84 Å². The predicted molar refractivity (Wildman–Crippen MR) is 55.0 cm³/mol. The Hall–Kier alpha value is -1.00. The first-order valence-corrected chi connectivity index (χ1v) is 5.27. The first-order chi connectivity index (χ1) is 7.63. The Labute approximate surface area is 92.9 Å². The molecule has 0 amide bonds. The van der Waals surface area contributed by atoms with Crippen molar-refractivity contribution in [2.45, 2.75) is 12.8 Å². The van der Waals surface area contributed by atoms with Crippen LogP contribution in [0.4, 0.5) is 8.78 Å². The van der Waals surface area contributed by atoms with Crippen LogP contribution in [0.2, 0.25) is 0 Å². The highest BCUT2D eigenvalue weighted by Gasteiger charge is 2.34. The molecule has 0 spiro atoms. The van der Waals surface area contributed by atoms with Crippen LogP contribution in [0, 0.1) is 17.0 Å². The van der Waals surface area contributed by atoms with E-state index in [0.717, 1.165) is 12.5 Å². The summed E-state index contributed by atoms with van der Waals surface area (Å²) in [6, 6.07) is 3.46. The summed E-state index contributed by atoms with van der Waals surface area (Å²) in [5.74, 6) is -1.16. The molecule has 0 saturated carbocycles. The maximum absolute atomic E-state index is 13.0. The average Bonchev–Trinajstić information content (AvgIpc) is 2.65. The van der Waals surface area contributed by atoms with Gasteiger partial charge >= 0.3 is 0 Å². The van der Waals surface area contributed by atoms with Crippen LogP contribution < -0.4 is 0 Å². The molecule has 0 radical (unpaired) electrons. The molecule has 2 rings (SSSR count). The lowest BCUT2D eigenvalue weighted by Crippen LogP contribution is -2.28. The molecule has 1 atom stereocenters. The molecular weight excluding hydrogens is 214 g/mol. The fourth-order valence-corrected chi connectivity index (χ4v) is 2.12. The van der Waals surface area contributed by atoms with E-state index in [4.69, 9.17) is 4.74 Å². The van der Waals surface area contributed by atoms with Crippen molar-refractivity contribution in [2.24, 2.45) is 5.41 Å². The first-order valence-electron chi connectivity index (χ1n) is 5.27. The van der Waals surface area contributed by atoms with E-state index in [1.165, 1.54) is 12.1 Å². The summed E-state index contributed by atoms with van der Waals surface area (Å²) in [6.07, 6.45) is 1.17. The van der Waals surface area contributed by atoms with E-state index >= 15 is 0 Å². The number of rotatable bonds is 3. The molecule has 0 aliphatic carbocycles. The number of halogens is 2. The monoisotopic (exact) mass is 228 g/mol. The van der Waals surface area contributed by atoms with E-state index in [9.17, 15) is 13.9 Å². The van der Waals surface area contributed by atoms with Crippen molar-refractivity contribution in [3.63, 3.8) is 0 Å². The zero-order valence-corrected chi connectivity index (χ0v) is 8.88. The summed E-state index contributed by atoms with van der Waals surface area (Å²) in [5, 5.41) is 9.35. The third-order valence-corrected chi connectivity index (χ3v) is 3.02. The summed E-state index contributed by atoms with van der Waals surface area (Å²) in [4.78, 5) is 0. The Morgan fingerprint density at radius 3 is 2.44 bits per heavy atom. The molecule has 1 aromatic rings. The molecule has 1 saturated heterocycles. The topological polar surface area (TPSA) is 29.5 Å². The zero-order valence-electron chi connectivity index (χ0n) is 8.88. The molecular formula is C12H14F2O2. The van der Waals surface area contributed by atoms with Crippen LogP contribution in [-0.2, 0) is 11.2 Å². The molecule has 88 valence electrons. The minimum atomic E-state index is -0.581. The molecule has 1 aliphatic heterocycles. The van der Waals surface area contributed by atoms with E-state index < -0.39 is 11.6 Å². The van der Waals surface area contributed by atoms with Crippen molar-refractivity contribution >= 4 is 0 Å². The molecule has 1 fully saturated rings. The van der Waals surface area contributed by atoms with Crippen molar-refractivity contribution in [1.82, 2.24) is 0 Å². The molecule has 0 bridgehead atoms. The molecule has 16 heavy (non-hydrogen) atoms. The molecule has 1 aromatic carbocycles. The van der Waals surface area contributed by atoms with Crippen LogP contribution in [0.5, 0.6) is 0 Å². The highest BCUT2D eigenvalue weighted by molar-refractivity contribution is 5.19. The van der Waals surface area contributed by atoms with Gasteiger partial charge in [0.25, 0.3) is 0 Å². The Bertz CT molecular complexity index is 353. The van der Waals surface area contributed by atoms with Gasteiger partial charge in [0.1, 0.15) is 11.6 Å². The first kappa shape index (κ1) is 11.5. The molecule has 1 aliphatic rings. The van der Waals surface area contributed by atoms with Crippen LogP contribution in [0.15, 0.2) is 18.2 Å². The zero-order chi connectivity index (χ0) is 11.6. The summed E-state index contributed by atoms with van der Waals surface area (Å²) in [7, 11) is 0. The number of benzene rings is 1. The van der Waals surface area contributed by atoms with Gasteiger partial charge in [0.05, 0.1) is 13.2 Å². The Balaban J connectivity index is 2.18. The maximum atomic E-state index is 13.0. The minimum Gasteiger partial charge on any atom is -0.396 e. The van der Waals surface area contributed by atoms with Gasteiger partial charge in [0, 0.05) is 18.1 Å². The summed E-state index contributed by atoms with van der Waals surface area (Å²) < 4.78 is 31.2. The number of ether oxygens (including phenoxy) is 1. The fraction of sp³-hybridized carbons (Fsp3) is 0.500. The van der Waals surface area contributed by atoms with Crippen molar-refractivity contribution in [2.75, 3.05) is 19.8 Å². The molecule has 2 nitrogen and oxygen atoms in total. The minimum absolute atomic E-state index is 0.0227. The van der Waals surface area contributed by atoms with Crippen molar-refractivity contribution < 1.29 is 18.6 Å². The SMILES string of the molecule is OCC1(Cc2cc(F)cc(F)c2)CCOC1. The van der Waals surface area contributed by atoms with Crippen LogP contribution in [0.25, 0.3) is 0 Å². The third kappa shape index (κ3) is 2.39. The highest BCUT2D eigenvalue weighted by atomic mass is 19.1. The number of hydrogen-bond acceptors (Lipinski definition) is 2. The lowest BCUT2D eigenvalue weighted by atomic mass is 9.82. The van der Waals surface area contributed by atoms with E-state index in [1.807, 2.05) is 0 Å². The van der Waals surface area contributed by atoms with Crippen molar-refractivity contribution in [1.29, 1.82) is 0 Å². The second-order valence-electron chi connectivity index (χ2n) is 4.42. The average molecular weight is 228 g/mol. The second-order valence-corrected chi connectivity index (χ2v) is 4.42. The van der Waals surface area contributed by atoms with Gasteiger partial charge in [-0.15, -0.1) is 0 Å². The third-order valence-electron chi connectivity index (χ3n) is 3.02. The van der Waals surface area contributed by atoms with Crippen LogP contribution in [0.3, 0.4) is 0 Å². The molecule has 1 unspecified atom stereocenters. The van der Waals surface area contributed by atoms with Gasteiger partial charge in [0.2, 0.25) is 0 Å². The maximum Gasteiger partial charge on any atom is 0.126 e. The highest BCUT2D eigenvalue weighted by Crippen LogP contribution is 2.32. The van der Waals surface area contributed by atoms with E-state index in [1.54, 1.807) is 0 Å². The normalized spacial score (nSPS) is 24.9. The number of hydrogen-bond donors (Lipinski definition) is 1. The lowest BCUT2D eigenvalue weighted by Gasteiger charge is -2.24. The summed E-state index contributed by atoms with van der Waals surface area (Å²) in [5.41, 5.74) is 0.192. The fourth-order valence-electron chi connectivity index (χ4n) is 2.12. The van der Waals surface area contributed by atoms with Crippen LogP contribution >= 0.6 is 0 Å². The second kappa shape index (κ2) is 4.47. The quantitative estimate of drug-likeness (QED) is 0.856. The van der Waals surface area contributed by atoms with Crippen LogP contribution in [-0.4, -0.2) is 24.9 Å². The van der Waals surface area contributed by atoms with Gasteiger partial charge in [-0.05, 0) is 30.5 Å². The molecule has 1 N–H and O–H groups in total. The summed E-state index contributed by atoms with van der Waals surface area (Å²) in [6.45, 7) is 1.02. The summed E-state index contributed by atoms with van der Waals surface area (Å²) >= 11 is 0. The van der Waals surface area contributed by atoms with Gasteiger partial charge in [0.15, 0.2) is 0 Å². The van der Waals surface area contributed by atoms with Gasteiger partial charge in [-0.1, -0.05) is 0 Å². The Morgan fingerprint density at radius 2 is 1.94 bits per heavy atom. The smallest absolute Gasteiger partial charge is 0.126 e. The van der Waals surface area contributed by atoms with E-state index in [0.29, 0.717) is 25.2 Å². The van der Waals surface area contributed by atoms with Gasteiger partial charge in [-0.25, -0.2) is 8.78 Å².